The Labute approximate surface area is 137 Å². The fourth-order valence-electron chi connectivity index (χ4n) is 3.21. The van der Waals surface area contributed by atoms with E-state index in [1.165, 1.54) is 6.33 Å². The molecule has 0 saturated heterocycles. The normalized spacial score (nSPS) is 22.0. The number of benzene rings is 1. The van der Waals surface area contributed by atoms with Gasteiger partial charge in [0, 0.05) is 18.0 Å². The van der Waals surface area contributed by atoms with Crippen molar-refractivity contribution in [2.75, 3.05) is 5.75 Å². The van der Waals surface area contributed by atoms with E-state index in [1.54, 1.807) is 24.5 Å². The van der Waals surface area contributed by atoms with E-state index < -0.39 is 9.84 Å². The van der Waals surface area contributed by atoms with Crippen LogP contribution in [-0.4, -0.2) is 24.1 Å². The quantitative estimate of drug-likeness (QED) is 0.857. The summed E-state index contributed by atoms with van der Waals surface area (Å²) >= 11 is 0. The molecule has 1 aromatic heterocycles. The molecule has 122 valence electrons. The minimum atomic E-state index is -3.21. The molecule has 0 bridgehead atoms. The summed E-state index contributed by atoms with van der Waals surface area (Å²) in [6, 6.07) is 7.05. The number of hydrogen-bond acceptors (Lipinski definition) is 4. The minimum Gasteiger partial charge on any atom is -0.244 e. The van der Waals surface area contributed by atoms with Gasteiger partial charge < -0.3 is 0 Å². The van der Waals surface area contributed by atoms with E-state index >= 15 is 0 Å². The van der Waals surface area contributed by atoms with Gasteiger partial charge in [-0.25, -0.2) is 18.4 Å². The molecular weight excluding hydrogens is 308 g/mol. The van der Waals surface area contributed by atoms with Gasteiger partial charge in [0.1, 0.15) is 6.33 Å². The lowest BCUT2D eigenvalue weighted by Crippen LogP contribution is -2.21. The van der Waals surface area contributed by atoms with E-state index in [2.05, 4.69) is 16.9 Å². The third-order valence-corrected chi connectivity index (χ3v) is 6.60. The van der Waals surface area contributed by atoms with E-state index in [4.69, 9.17) is 0 Å². The molecule has 23 heavy (non-hydrogen) atoms. The molecule has 0 atom stereocenters. The highest BCUT2D eigenvalue weighted by molar-refractivity contribution is 7.91. The van der Waals surface area contributed by atoms with E-state index in [-0.39, 0.29) is 5.75 Å². The molecular formula is C18H22N2O2S. The molecule has 1 heterocycles. The van der Waals surface area contributed by atoms with E-state index in [9.17, 15) is 8.42 Å². The summed E-state index contributed by atoms with van der Waals surface area (Å²) < 4.78 is 25.2. The predicted molar refractivity (Wildman–Crippen MR) is 90.6 cm³/mol. The lowest BCUT2D eigenvalue weighted by molar-refractivity contribution is 0.308. The Bertz CT molecular complexity index is 734. The van der Waals surface area contributed by atoms with Crippen LogP contribution in [0.2, 0.25) is 0 Å². The van der Waals surface area contributed by atoms with Crippen LogP contribution in [-0.2, 0) is 9.84 Å². The molecule has 1 fully saturated rings. The Morgan fingerprint density at radius 1 is 0.957 bits per heavy atom. The van der Waals surface area contributed by atoms with Gasteiger partial charge in [-0.3, -0.25) is 0 Å². The molecule has 1 aromatic carbocycles. The number of rotatable bonds is 4. The first-order valence-corrected chi connectivity index (χ1v) is 9.78. The zero-order valence-corrected chi connectivity index (χ0v) is 14.2. The van der Waals surface area contributed by atoms with Crippen molar-refractivity contribution in [1.29, 1.82) is 0 Å². The fraction of sp³-hybridized carbons (Fsp3) is 0.444. The van der Waals surface area contributed by atoms with Crippen molar-refractivity contribution in [3.8, 4) is 11.1 Å². The van der Waals surface area contributed by atoms with Crippen molar-refractivity contribution in [1.82, 2.24) is 9.97 Å². The standard InChI is InChI=1S/C18H22N2O2S/c1-14-2-4-15(5-3-14)12-23(21,22)18-8-6-16(7-9-18)17-10-19-13-20-11-17/h6-11,13-15H,2-5,12H2,1H3. The molecule has 5 heteroatoms. The fourth-order valence-corrected chi connectivity index (χ4v) is 4.90. The Hall–Kier alpha value is -1.75. The Morgan fingerprint density at radius 2 is 1.57 bits per heavy atom. The number of aromatic nitrogens is 2. The highest BCUT2D eigenvalue weighted by Crippen LogP contribution is 2.31. The van der Waals surface area contributed by atoms with Gasteiger partial charge in [-0.15, -0.1) is 0 Å². The summed E-state index contributed by atoms with van der Waals surface area (Å²) in [5.74, 6) is 1.31. The Kier molecular flexibility index (Phi) is 4.76. The zero-order chi connectivity index (χ0) is 16.3. The van der Waals surface area contributed by atoms with Crippen molar-refractivity contribution in [2.45, 2.75) is 37.5 Å². The van der Waals surface area contributed by atoms with Gasteiger partial charge >= 0.3 is 0 Å². The van der Waals surface area contributed by atoms with Crippen molar-refractivity contribution in [3.63, 3.8) is 0 Å². The number of sulfone groups is 1. The molecule has 3 rings (SSSR count). The van der Waals surface area contributed by atoms with Crippen molar-refractivity contribution in [3.05, 3.63) is 43.0 Å². The molecule has 0 N–H and O–H groups in total. The summed E-state index contributed by atoms with van der Waals surface area (Å²) in [6.45, 7) is 2.25. The summed E-state index contributed by atoms with van der Waals surface area (Å²) in [7, 11) is -3.21. The van der Waals surface area contributed by atoms with Gasteiger partial charge in [-0.05, 0) is 42.4 Å². The predicted octanol–water partition coefficient (Wildman–Crippen LogP) is 3.74. The molecule has 0 radical (unpaired) electrons. The van der Waals surface area contributed by atoms with Crippen LogP contribution in [0, 0.1) is 11.8 Å². The average molecular weight is 330 g/mol. The molecule has 0 aliphatic heterocycles. The molecule has 2 aromatic rings. The second-order valence-corrected chi connectivity index (χ2v) is 8.59. The second-order valence-electron chi connectivity index (χ2n) is 6.56. The average Bonchev–Trinajstić information content (AvgIpc) is 2.58. The summed E-state index contributed by atoms with van der Waals surface area (Å²) in [4.78, 5) is 8.39. The van der Waals surface area contributed by atoms with Crippen LogP contribution in [0.5, 0.6) is 0 Å². The second kappa shape index (κ2) is 6.79. The molecule has 0 unspecified atom stereocenters. The lowest BCUT2D eigenvalue weighted by atomic mass is 9.84. The maximum absolute atomic E-state index is 12.6. The van der Waals surface area contributed by atoms with Crippen LogP contribution in [0.4, 0.5) is 0 Å². The van der Waals surface area contributed by atoms with Crippen molar-refractivity contribution >= 4 is 9.84 Å². The molecule has 0 amide bonds. The van der Waals surface area contributed by atoms with Crippen LogP contribution in [0.15, 0.2) is 47.9 Å². The van der Waals surface area contributed by atoms with E-state index in [0.717, 1.165) is 42.7 Å². The van der Waals surface area contributed by atoms with Gasteiger partial charge in [0.2, 0.25) is 0 Å². The van der Waals surface area contributed by atoms with Gasteiger partial charge in [-0.1, -0.05) is 31.9 Å². The monoisotopic (exact) mass is 330 g/mol. The smallest absolute Gasteiger partial charge is 0.178 e. The maximum atomic E-state index is 12.6. The topological polar surface area (TPSA) is 59.9 Å². The molecule has 0 spiro atoms. The number of nitrogens with zero attached hydrogens (tertiary/aromatic N) is 2. The minimum absolute atomic E-state index is 0.271. The summed E-state index contributed by atoms with van der Waals surface area (Å²) in [6.07, 6.45) is 9.27. The van der Waals surface area contributed by atoms with Crippen LogP contribution < -0.4 is 0 Å². The zero-order valence-electron chi connectivity index (χ0n) is 13.4. The SMILES string of the molecule is CC1CCC(CS(=O)(=O)c2ccc(-c3cncnc3)cc2)CC1. The van der Waals surface area contributed by atoms with Gasteiger partial charge in [-0.2, -0.15) is 0 Å². The molecule has 1 saturated carbocycles. The largest absolute Gasteiger partial charge is 0.244 e. The Balaban J connectivity index is 1.73. The lowest BCUT2D eigenvalue weighted by Gasteiger charge is -2.25. The van der Waals surface area contributed by atoms with E-state index in [1.807, 2.05) is 12.1 Å². The first kappa shape index (κ1) is 16.1. The van der Waals surface area contributed by atoms with Gasteiger partial charge in [0.05, 0.1) is 10.6 Å². The van der Waals surface area contributed by atoms with E-state index in [0.29, 0.717) is 10.8 Å². The number of hydrogen-bond donors (Lipinski definition) is 0. The van der Waals surface area contributed by atoms with Crippen molar-refractivity contribution in [2.24, 2.45) is 11.8 Å². The van der Waals surface area contributed by atoms with Crippen LogP contribution >= 0.6 is 0 Å². The van der Waals surface area contributed by atoms with Gasteiger partial charge in [0.15, 0.2) is 9.84 Å². The van der Waals surface area contributed by atoms with Gasteiger partial charge in [0.25, 0.3) is 0 Å². The third-order valence-electron chi connectivity index (χ3n) is 4.70. The first-order chi connectivity index (χ1) is 11.0. The maximum Gasteiger partial charge on any atom is 0.178 e. The summed E-state index contributed by atoms with van der Waals surface area (Å²) in [5, 5.41) is 0. The summed E-state index contributed by atoms with van der Waals surface area (Å²) in [5.41, 5.74) is 1.81. The highest BCUT2D eigenvalue weighted by Gasteiger charge is 2.25. The van der Waals surface area contributed by atoms with Crippen LogP contribution in [0.25, 0.3) is 11.1 Å². The van der Waals surface area contributed by atoms with Crippen molar-refractivity contribution < 1.29 is 8.42 Å². The molecule has 1 aliphatic rings. The third kappa shape index (κ3) is 3.96. The molecule has 4 nitrogen and oxygen atoms in total. The Morgan fingerprint density at radius 3 is 2.17 bits per heavy atom. The first-order valence-electron chi connectivity index (χ1n) is 8.13. The van der Waals surface area contributed by atoms with Crippen LogP contribution in [0.1, 0.15) is 32.6 Å². The van der Waals surface area contributed by atoms with Crippen LogP contribution in [0.3, 0.4) is 0 Å². The molecule has 1 aliphatic carbocycles. The highest BCUT2D eigenvalue weighted by atomic mass is 32.2.